The third kappa shape index (κ3) is 4.12. The summed E-state index contributed by atoms with van der Waals surface area (Å²) in [5.41, 5.74) is 8.35. The van der Waals surface area contributed by atoms with Gasteiger partial charge in [-0.15, -0.1) is 5.10 Å². The number of aromatic nitrogens is 4. The number of hydrogen-bond donors (Lipinski definition) is 1. The molecule has 0 unspecified atom stereocenters. The van der Waals surface area contributed by atoms with E-state index in [0.717, 1.165) is 53.7 Å². The van der Waals surface area contributed by atoms with E-state index in [2.05, 4.69) is 44.8 Å². The normalized spacial score (nSPS) is 15.1. The van der Waals surface area contributed by atoms with Gasteiger partial charge >= 0.3 is 0 Å². The highest BCUT2D eigenvalue weighted by molar-refractivity contribution is 6.11. The van der Waals surface area contributed by atoms with Gasteiger partial charge in [-0.1, -0.05) is 30.3 Å². The number of carbonyl (C=O) groups is 1. The maximum Gasteiger partial charge on any atom is 0.282 e. The van der Waals surface area contributed by atoms with Crippen LogP contribution < -0.4 is 10.6 Å². The SMILES string of the molecule is CC(C)N1CCCN(c2ccc(C(=O)n3nc(-c4ccccn4)nc3N)c3ccccc23)CC1. The molecule has 3 heterocycles. The maximum atomic E-state index is 13.5. The molecule has 0 aliphatic carbocycles. The van der Waals surface area contributed by atoms with Gasteiger partial charge in [0.15, 0.2) is 0 Å². The highest BCUT2D eigenvalue weighted by Gasteiger charge is 2.23. The third-order valence-electron chi connectivity index (χ3n) is 6.45. The van der Waals surface area contributed by atoms with Gasteiger partial charge in [0, 0.05) is 55.1 Å². The molecule has 0 radical (unpaired) electrons. The number of pyridine rings is 1. The van der Waals surface area contributed by atoms with E-state index in [1.54, 1.807) is 12.3 Å². The van der Waals surface area contributed by atoms with Gasteiger partial charge < -0.3 is 10.6 Å². The van der Waals surface area contributed by atoms with E-state index < -0.39 is 0 Å². The minimum absolute atomic E-state index is 0.0418. The predicted molar refractivity (Wildman–Crippen MR) is 135 cm³/mol. The summed E-state index contributed by atoms with van der Waals surface area (Å²) in [4.78, 5) is 27.0. The zero-order chi connectivity index (χ0) is 23.7. The van der Waals surface area contributed by atoms with Crippen LogP contribution in [-0.2, 0) is 0 Å². The minimum atomic E-state index is -0.309. The first-order valence-corrected chi connectivity index (χ1v) is 11.7. The van der Waals surface area contributed by atoms with Crippen molar-refractivity contribution in [2.75, 3.05) is 36.8 Å². The molecule has 2 aromatic heterocycles. The fraction of sp³-hybridized carbons (Fsp3) is 0.308. The van der Waals surface area contributed by atoms with Crippen molar-refractivity contribution in [3.63, 3.8) is 0 Å². The van der Waals surface area contributed by atoms with Gasteiger partial charge in [0.05, 0.1) is 0 Å². The Morgan fingerprint density at radius 2 is 1.74 bits per heavy atom. The zero-order valence-corrected chi connectivity index (χ0v) is 19.6. The molecule has 0 amide bonds. The molecule has 1 aliphatic rings. The summed E-state index contributed by atoms with van der Waals surface area (Å²) in [5.74, 6) is 0.0588. The molecule has 0 bridgehead atoms. The van der Waals surface area contributed by atoms with E-state index in [4.69, 9.17) is 5.73 Å². The Kier molecular flexibility index (Phi) is 5.98. The van der Waals surface area contributed by atoms with E-state index in [-0.39, 0.29) is 11.9 Å². The molecule has 8 heteroatoms. The number of anilines is 2. The molecule has 0 spiro atoms. The Labute approximate surface area is 199 Å². The van der Waals surface area contributed by atoms with E-state index >= 15 is 0 Å². The minimum Gasteiger partial charge on any atom is -0.370 e. The monoisotopic (exact) mass is 455 g/mol. The molecule has 1 fully saturated rings. The van der Waals surface area contributed by atoms with Crippen LogP contribution in [0.15, 0.2) is 60.8 Å². The van der Waals surface area contributed by atoms with Crippen molar-refractivity contribution >= 4 is 28.3 Å². The van der Waals surface area contributed by atoms with Gasteiger partial charge in [-0.3, -0.25) is 14.7 Å². The van der Waals surface area contributed by atoms with Crippen molar-refractivity contribution in [3.8, 4) is 11.5 Å². The van der Waals surface area contributed by atoms with E-state index in [1.807, 2.05) is 42.5 Å². The van der Waals surface area contributed by atoms with Crippen molar-refractivity contribution in [2.45, 2.75) is 26.3 Å². The Morgan fingerprint density at radius 3 is 2.50 bits per heavy atom. The summed E-state index contributed by atoms with van der Waals surface area (Å²) in [6.45, 7) is 8.58. The zero-order valence-electron chi connectivity index (χ0n) is 19.6. The third-order valence-corrected chi connectivity index (χ3v) is 6.45. The lowest BCUT2D eigenvalue weighted by atomic mass is 10.0. The van der Waals surface area contributed by atoms with Crippen LogP contribution in [0.1, 0.15) is 30.6 Å². The molecule has 1 aliphatic heterocycles. The van der Waals surface area contributed by atoms with Crippen LogP contribution in [-0.4, -0.2) is 62.8 Å². The molecular weight excluding hydrogens is 426 g/mol. The largest absolute Gasteiger partial charge is 0.370 e. The Hall–Kier alpha value is -3.78. The number of carbonyl (C=O) groups excluding carboxylic acids is 1. The first kappa shape index (κ1) is 22.0. The van der Waals surface area contributed by atoms with Crippen molar-refractivity contribution in [1.29, 1.82) is 0 Å². The van der Waals surface area contributed by atoms with Crippen LogP contribution >= 0.6 is 0 Å². The average Bonchev–Trinajstić information content (AvgIpc) is 3.08. The first-order valence-electron chi connectivity index (χ1n) is 11.7. The molecule has 0 saturated carbocycles. The molecular formula is C26H29N7O. The number of nitrogens with two attached hydrogens (primary N) is 1. The Morgan fingerprint density at radius 1 is 0.941 bits per heavy atom. The van der Waals surface area contributed by atoms with E-state index in [0.29, 0.717) is 23.1 Å². The molecule has 34 heavy (non-hydrogen) atoms. The van der Waals surface area contributed by atoms with E-state index in [9.17, 15) is 4.79 Å². The number of nitrogens with zero attached hydrogens (tertiary/aromatic N) is 6. The lowest BCUT2D eigenvalue weighted by molar-refractivity contribution is 0.0949. The molecule has 8 nitrogen and oxygen atoms in total. The quantitative estimate of drug-likeness (QED) is 0.502. The highest BCUT2D eigenvalue weighted by atomic mass is 16.2. The molecule has 174 valence electrons. The number of fused-ring (bicyclic) bond motifs is 1. The lowest BCUT2D eigenvalue weighted by Gasteiger charge is -2.27. The highest BCUT2D eigenvalue weighted by Crippen LogP contribution is 2.31. The molecule has 5 rings (SSSR count). The topological polar surface area (TPSA) is 93.2 Å². The van der Waals surface area contributed by atoms with Gasteiger partial charge in [0.1, 0.15) is 5.69 Å². The summed E-state index contributed by atoms with van der Waals surface area (Å²) in [5, 5.41) is 6.30. The van der Waals surface area contributed by atoms with Crippen LogP contribution in [0.3, 0.4) is 0 Å². The number of hydrogen-bond acceptors (Lipinski definition) is 7. The Bertz CT molecular complexity index is 1320. The van der Waals surface area contributed by atoms with Crippen LogP contribution in [0.2, 0.25) is 0 Å². The van der Waals surface area contributed by atoms with Gasteiger partial charge in [-0.2, -0.15) is 9.67 Å². The summed E-state index contributed by atoms with van der Waals surface area (Å²) >= 11 is 0. The summed E-state index contributed by atoms with van der Waals surface area (Å²) in [6.07, 6.45) is 2.77. The summed E-state index contributed by atoms with van der Waals surface area (Å²) in [6, 6.07) is 17.9. The van der Waals surface area contributed by atoms with Crippen LogP contribution in [0.25, 0.3) is 22.3 Å². The number of rotatable bonds is 4. The van der Waals surface area contributed by atoms with Crippen molar-refractivity contribution < 1.29 is 4.79 Å². The maximum absolute atomic E-state index is 13.5. The van der Waals surface area contributed by atoms with Gasteiger partial charge in [0.2, 0.25) is 11.8 Å². The van der Waals surface area contributed by atoms with Crippen LogP contribution in [0.4, 0.5) is 11.6 Å². The van der Waals surface area contributed by atoms with Gasteiger partial charge in [-0.25, -0.2) is 0 Å². The second-order valence-electron chi connectivity index (χ2n) is 8.87. The number of benzene rings is 2. The molecule has 0 atom stereocenters. The number of nitrogen functional groups attached to an aromatic ring is 1. The second-order valence-corrected chi connectivity index (χ2v) is 8.87. The summed E-state index contributed by atoms with van der Waals surface area (Å²) < 4.78 is 1.16. The smallest absolute Gasteiger partial charge is 0.282 e. The van der Waals surface area contributed by atoms with Crippen molar-refractivity contribution in [3.05, 3.63) is 66.4 Å². The molecule has 1 saturated heterocycles. The van der Waals surface area contributed by atoms with E-state index in [1.165, 1.54) is 0 Å². The fourth-order valence-electron chi connectivity index (χ4n) is 4.63. The molecule has 2 N–H and O–H groups in total. The molecule has 4 aromatic rings. The molecule has 2 aromatic carbocycles. The van der Waals surface area contributed by atoms with Crippen molar-refractivity contribution in [1.82, 2.24) is 24.6 Å². The van der Waals surface area contributed by atoms with Crippen LogP contribution in [0, 0.1) is 0 Å². The fourth-order valence-corrected chi connectivity index (χ4v) is 4.63. The summed E-state index contributed by atoms with van der Waals surface area (Å²) in [7, 11) is 0. The standard InChI is InChI=1S/C26H29N7O/c1-18(2)31-14-7-15-32(17-16-31)23-12-11-21(19-8-3-4-9-20(19)23)25(34)33-26(27)29-24(30-33)22-10-5-6-13-28-22/h3-6,8-13,18H,7,14-17H2,1-2H3,(H2,27,29,30). The van der Waals surface area contributed by atoms with Gasteiger partial charge in [-0.05, 0) is 49.9 Å². The first-order chi connectivity index (χ1) is 16.5. The Balaban J connectivity index is 1.50. The predicted octanol–water partition coefficient (Wildman–Crippen LogP) is 3.68. The van der Waals surface area contributed by atoms with Crippen LogP contribution in [0.5, 0.6) is 0 Å². The lowest BCUT2D eigenvalue weighted by Crippen LogP contribution is -2.35. The van der Waals surface area contributed by atoms with Gasteiger partial charge in [0.25, 0.3) is 5.91 Å². The average molecular weight is 456 g/mol. The second kappa shape index (κ2) is 9.23. The van der Waals surface area contributed by atoms with Crippen molar-refractivity contribution in [2.24, 2.45) is 0 Å².